The monoisotopic (exact) mass is 469 g/mol. The standard InChI is InChI=1S/C4H5Br3O.C4H6BrNO/c5-2-1-3(6)4(7)8;5-3-1-2-6-4(3)7/h3H,1-2H2;3H,1-2H2,(H,6,7). The Labute approximate surface area is 123 Å². The van der Waals surface area contributed by atoms with Crippen molar-refractivity contribution in [3.8, 4) is 0 Å². The summed E-state index contributed by atoms with van der Waals surface area (Å²) in [5.41, 5.74) is 0. The molecule has 2 atom stereocenters. The molecule has 1 N–H and O–H groups in total. The highest BCUT2D eigenvalue weighted by atomic mass is 79.9. The van der Waals surface area contributed by atoms with Crippen molar-refractivity contribution in [2.45, 2.75) is 22.5 Å². The van der Waals surface area contributed by atoms with Gasteiger partial charge in [-0.25, -0.2) is 0 Å². The fraction of sp³-hybridized carbons (Fsp3) is 0.750. The second-order valence-corrected chi connectivity index (χ2v) is 6.58. The Balaban J connectivity index is 0.000000262. The molecule has 0 saturated carbocycles. The van der Waals surface area contributed by atoms with Crippen molar-refractivity contribution in [3.63, 3.8) is 0 Å². The molecule has 0 bridgehead atoms. The van der Waals surface area contributed by atoms with Gasteiger partial charge < -0.3 is 5.32 Å². The van der Waals surface area contributed by atoms with E-state index in [9.17, 15) is 9.59 Å². The minimum Gasteiger partial charge on any atom is -0.355 e. The molecule has 1 rings (SSSR count). The van der Waals surface area contributed by atoms with Gasteiger partial charge in [0, 0.05) is 11.9 Å². The van der Waals surface area contributed by atoms with Crippen LogP contribution in [0.3, 0.4) is 0 Å². The number of carbonyl (C=O) groups excluding carboxylic acids is 2. The molecule has 15 heavy (non-hydrogen) atoms. The van der Waals surface area contributed by atoms with Crippen LogP contribution >= 0.6 is 63.7 Å². The van der Waals surface area contributed by atoms with E-state index in [0.29, 0.717) is 0 Å². The highest BCUT2D eigenvalue weighted by Gasteiger charge is 2.19. The van der Waals surface area contributed by atoms with Crippen LogP contribution in [0.1, 0.15) is 12.8 Å². The Kier molecular flexibility index (Phi) is 9.77. The normalized spacial score (nSPS) is 21.3. The molecule has 1 amide bonds. The van der Waals surface area contributed by atoms with Crippen LogP contribution < -0.4 is 5.32 Å². The molecule has 0 aliphatic carbocycles. The van der Waals surface area contributed by atoms with Gasteiger partial charge in [0.2, 0.25) is 10.6 Å². The second-order valence-electron chi connectivity index (χ2n) is 2.80. The molecule has 2 unspecified atom stereocenters. The summed E-state index contributed by atoms with van der Waals surface area (Å²) in [5, 5.41) is 3.53. The van der Waals surface area contributed by atoms with E-state index in [0.717, 1.165) is 24.7 Å². The first kappa shape index (κ1) is 16.1. The zero-order chi connectivity index (χ0) is 11.8. The van der Waals surface area contributed by atoms with Crippen LogP contribution in [0.4, 0.5) is 0 Å². The smallest absolute Gasteiger partial charge is 0.233 e. The van der Waals surface area contributed by atoms with Gasteiger partial charge in [0.25, 0.3) is 0 Å². The zero-order valence-electron chi connectivity index (χ0n) is 7.81. The van der Waals surface area contributed by atoms with Crippen LogP contribution in [-0.4, -0.2) is 32.1 Å². The number of carbonyl (C=O) groups is 2. The third-order valence-electron chi connectivity index (χ3n) is 1.59. The van der Waals surface area contributed by atoms with Crippen molar-refractivity contribution in [3.05, 3.63) is 0 Å². The first-order valence-corrected chi connectivity index (χ1v) is 8.04. The lowest BCUT2D eigenvalue weighted by Gasteiger charge is -1.97. The molecule has 7 heteroatoms. The Hall–Kier alpha value is 1.06. The van der Waals surface area contributed by atoms with Crippen molar-refractivity contribution >= 4 is 74.3 Å². The molecule has 88 valence electrons. The van der Waals surface area contributed by atoms with E-state index in [-0.39, 0.29) is 20.3 Å². The van der Waals surface area contributed by atoms with Crippen molar-refractivity contribution in [2.24, 2.45) is 0 Å². The number of rotatable bonds is 3. The van der Waals surface area contributed by atoms with E-state index < -0.39 is 0 Å². The highest BCUT2D eigenvalue weighted by molar-refractivity contribution is 9.20. The van der Waals surface area contributed by atoms with E-state index in [1.54, 1.807) is 0 Å². The first-order valence-electron chi connectivity index (χ1n) is 4.30. The lowest BCUT2D eigenvalue weighted by Crippen LogP contribution is -2.18. The molecular weight excluding hydrogens is 462 g/mol. The van der Waals surface area contributed by atoms with Gasteiger partial charge in [-0.1, -0.05) is 47.8 Å². The molecule has 1 aliphatic heterocycles. The summed E-state index contributed by atoms with van der Waals surface area (Å²) in [5.74, 6) is 0.125. The molecule has 0 spiro atoms. The van der Waals surface area contributed by atoms with Crippen LogP contribution in [0, 0.1) is 0 Å². The molecule has 0 aromatic carbocycles. The van der Waals surface area contributed by atoms with Crippen LogP contribution in [0.2, 0.25) is 0 Å². The van der Waals surface area contributed by atoms with Crippen LogP contribution in [0.15, 0.2) is 0 Å². The topological polar surface area (TPSA) is 46.2 Å². The average molecular weight is 473 g/mol. The number of alkyl halides is 3. The zero-order valence-corrected chi connectivity index (χ0v) is 14.2. The van der Waals surface area contributed by atoms with Gasteiger partial charge >= 0.3 is 0 Å². The molecular formula is C8H11Br4NO2. The fourth-order valence-corrected chi connectivity index (χ4v) is 2.69. The van der Waals surface area contributed by atoms with E-state index >= 15 is 0 Å². The average Bonchev–Trinajstić information content (AvgIpc) is 2.52. The number of hydrogen-bond donors (Lipinski definition) is 1. The Morgan fingerprint density at radius 3 is 2.33 bits per heavy atom. The maximum atomic E-state index is 10.4. The SMILES string of the molecule is O=C(Br)C(Br)CCBr.O=C1NCCC1Br. The van der Waals surface area contributed by atoms with Gasteiger partial charge in [-0.15, -0.1) is 0 Å². The van der Waals surface area contributed by atoms with Crippen molar-refractivity contribution in [2.75, 3.05) is 11.9 Å². The fourth-order valence-electron chi connectivity index (χ4n) is 0.773. The minimum absolute atomic E-state index is 0.0111. The second kappa shape index (κ2) is 9.13. The Morgan fingerprint density at radius 1 is 1.60 bits per heavy atom. The van der Waals surface area contributed by atoms with Gasteiger partial charge in [-0.3, -0.25) is 9.59 Å². The van der Waals surface area contributed by atoms with Gasteiger partial charge in [0.15, 0.2) is 0 Å². The molecule has 0 aromatic heterocycles. The van der Waals surface area contributed by atoms with Gasteiger partial charge in [-0.2, -0.15) is 0 Å². The molecule has 1 heterocycles. The third kappa shape index (κ3) is 7.88. The summed E-state index contributed by atoms with van der Waals surface area (Å²) in [6.45, 7) is 0.828. The summed E-state index contributed by atoms with van der Waals surface area (Å²) in [6.07, 6.45) is 1.75. The van der Waals surface area contributed by atoms with Gasteiger partial charge in [0.05, 0.1) is 9.65 Å². The van der Waals surface area contributed by atoms with E-state index in [1.165, 1.54) is 0 Å². The number of halogens is 4. The molecule has 1 fully saturated rings. The van der Waals surface area contributed by atoms with E-state index in [4.69, 9.17) is 0 Å². The van der Waals surface area contributed by atoms with Gasteiger partial charge in [-0.05, 0) is 28.8 Å². The summed E-state index contributed by atoms with van der Waals surface area (Å²) >= 11 is 12.4. The van der Waals surface area contributed by atoms with Crippen LogP contribution in [0.5, 0.6) is 0 Å². The van der Waals surface area contributed by atoms with Crippen LogP contribution in [-0.2, 0) is 9.59 Å². The van der Waals surface area contributed by atoms with Crippen molar-refractivity contribution in [1.29, 1.82) is 0 Å². The predicted octanol–water partition coefficient (Wildman–Crippen LogP) is 2.73. The van der Waals surface area contributed by atoms with Gasteiger partial charge in [0.1, 0.15) is 0 Å². The predicted molar refractivity (Wildman–Crippen MR) is 75.4 cm³/mol. The Bertz CT molecular complexity index is 225. The lowest BCUT2D eigenvalue weighted by molar-refractivity contribution is -0.118. The third-order valence-corrected chi connectivity index (χ3v) is 4.96. The van der Waals surface area contributed by atoms with E-state index in [1.807, 2.05) is 0 Å². The maximum Gasteiger partial charge on any atom is 0.233 e. The van der Waals surface area contributed by atoms with E-state index in [2.05, 4.69) is 69.0 Å². The molecule has 3 nitrogen and oxygen atoms in total. The lowest BCUT2D eigenvalue weighted by atomic mass is 10.4. The summed E-state index contributed by atoms with van der Waals surface area (Å²) in [4.78, 5) is 20.8. The molecule has 0 aromatic rings. The number of amides is 1. The summed E-state index contributed by atoms with van der Waals surface area (Å²) in [6, 6.07) is 0. The number of nitrogens with one attached hydrogen (secondary N) is 1. The van der Waals surface area contributed by atoms with Crippen molar-refractivity contribution < 1.29 is 9.59 Å². The highest BCUT2D eigenvalue weighted by Crippen LogP contribution is 2.11. The number of hydrogen-bond acceptors (Lipinski definition) is 2. The van der Waals surface area contributed by atoms with Crippen molar-refractivity contribution in [1.82, 2.24) is 5.32 Å². The maximum absolute atomic E-state index is 10.4. The first-order chi connectivity index (χ1) is 6.99. The molecule has 0 radical (unpaired) electrons. The summed E-state index contributed by atoms with van der Waals surface area (Å²) < 4.78 is 0.0111. The minimum atomic E-state index is -0.0399. The van der Waals surface area contributed by atoms with Crippen LogP contribution in [0.25, 0.3) is 0 Å². The largest absolute Gasteiger partial charge is 0.355 e. The summed E-state index contributed by atoms with van der Waals surface area (Å²) in [7, 11) is 0. The molecule has 1 aliphatic rings. The Morgan fingerprint density at radius 2 is 2.20 bits per heavy atom. The quantitative estimate of drug-likeness (QED) is 0.507. The molecule has 1 saturated heterocycles.